The number of rotatable bonds is 12. The van der Waals surface area contributed by atoms with Crippen molar-refractivity contribution < 1.29 is 59.3 Å². The van der Waals surface area contributed by atoms with Gasteiger partial charge in [0.1, 0.15) is 5.82 Å². The van der Waals surface area contributed by atoms with E-state index in [0.717, 1.165) is 130 Å². The Labute approximate surface area is 805 Å². The highest BCUT2D eigenvalue weighted by molar-refractivity contribution is 7.91. The molecule has 12 aliphatic heterocycles. The van der Waals surface area contributed by atoms with Gasteiger partial charge < -0.3 is 46.9 Å². The Hall–Kier alpha value is -9.74. The van der Waals surface area contributed by atoms with Crippen LogP contribution in [0.3, 0.4) is 0 Å². The Balaban J connectivity index is 0.000000103. The van der Waals surface area contributed by atoms with Crippen molar-refractivity contribution in [1.29, 1.82) is 0 Å². The fourth-order valence-corrected chi connectivity index (χ4v) is 36.5. The number of benzene rings is 6. The molecule has 12 saturated heterocycles. The molecule has 0 amide bonds. The molecular formula is C98H114F2N18O15S6. The SMILES string of the molecule is CC1C2CNCC2CN1S(=O)(=O)c1cccc2c(=O)[nH]ccc12.CC1C2NCCC2CN1S(=O)(=O)c1cccc2c(=O)[nH]cc(F)c12.CC1C2NCCC2CN1S(=O)(=O)c1cccc2cnccc12.C[C@@H]1[C@H]2NCC[C@H]2CN1S(=O)(=O)c1cccc2cncc(F)c12.Cc1cncc2cccc(S(=O)(=O)N3CC4CCNC4C3C)c12.O=c1[nH]ccc2c(S(=O)(=O)N3CC4CCNC4C34CC4)cccc12. The highest BCUT2D eigenvalue weighted by Crippen LogP contribution is 2.56. The average Bonchev–Trinajstić information content (AvgIpc) is 1.52. The molecule has 0 bridgehead atoms. The lowest BCUT2D eigenvalue weighted by Gasteiger charge is -2.27. The first-order valence-corrected chi connectivity index (χ1v) is 56.4. The molecule has 13 aliphatic rings. The maximum atomic E-state index is 14.3. The van der Waals surface area contributed by atoms with Crippen LogP contribution < -0.4 is 48.6 Å². The molecule has 25 rings (SSSR count). The molecule has 12 aromatic rings. The van der Waals surface area contributed by atoms with Gasteiger partial charge in [-0.1, -0.05) is 54.6 Å². The van der Waals surface area contributed by atoms with Gasteiger partial charge in [0.15, 0.2) is 5.82 Å². The van der Waals surface area contributed by atoms with Crippen LogP contribution in [0.25, 0.3) is 64.6 Å². The molecule has 6 aromatic carbocycles. The first-order chi connectivity index (χ1) is 66.5. The van der Waals surface area contributed by atoms with Gasteiger partial charge in [0, 0.05) is 209 Å². The molecular weight excluding hydrogens is 1900 g/mol. The largest absolute Gasteiger partial charge is 0.329 e. The van der Waals surface area contributed by atoms with Gasteiger partial charge in [0.25, 0.3) is 16.7 Å². The molecule has 1 saturated carbocycles. The monoisotopic (exact) mass is 2010 g/mol. The van der Waals surface area contributed by atoms with E-state index in [9.17, 15) is 73.7 Å². The van der Waals surface area contributed by atoms with E-state index in [1.807, 2.05) is 53.7 Å². The van der Waals surface area contributed by atoms with Gasteiger partial charge in [-0.05, 0) is 252 Å². The second kappa shape index (κ2) is 37.5. The number of H-pyrrole nitrogens is 3. The summed E-state index contributed by atoms with van der Waals surface area (Å²) in [5, 5.41) is 26.1. The minimum absolute atomic E-state index is 0.00501. The van der Waals surface area contributed by atoms with Gasteiger partial charge in [0.2, 0.25) is 60.1 Å². The van der Waals surface area contributed by atoms with Crippen LogP contribution in [0.2, 0.25) is 0 Å². The summed E-state index contributed by atoms with van der Waals surface area (Å²) in [6.45, 7) is 21.5. The lowest BCUT2D eigenvalue weighted by atomic mass is 9.95. The van der Waals surface area contributed by atoms with E-state index in [2.05, 4.69) is 61.8 Å². The number of sulfonamides is 6. The summed E-state index contributed by atoms with van der Waals surface area (Å²) in [6, 6.07) is 35.6. The van der Waals surface area contributed by atoms with Crippen LogP contribution in [0.4, 0.5) is 8.78 Å². The minimum Gasteiger partial charge on any atom is -0.329 e. The standard InChI is InChI=1S/C17H19N3O3S.C17H21N3O2S.C16H18FN3O3S.C16H18FN3O2S.C16H19N3O3S.C16H19N3O2S/c21-16-13-2-1-3-14(12(13)5-9-19-16)24(22,23)20-10-11-4-8-18-15(11)17(20)6-7-17;1-11-8-18-9-13-4-3-5-15(16(11)13)23(21,22)20-10-14-6-7-19-17(14)12(20)2;1-9-15-10(5-6-18-15)8-20(9)24(22,23)13-4-2-3-11-14(13)12(17)7-19-16(11)21;1-10-16-12(5-6-19-16)9-20(10)23(21,22)14-4-2-3-11-7-18-8-13(17)15(11)14;1-10-14-8-17-7-11(14)9-19(10)23(21,22)15-4-2-3-13-12(15)5-6-18-16(13)20;1-11-16-13(5-8-18-16)10-19(11)22(20,21)15-4-2-3-12-9-17-7-6-14(12)15/h1-3,5,9,11,15,18H,4,6-8,10H2,(H,19,21);3-5,8-9,12,14,17,19H,6-7,10H2,1-2H3;2-4,7,9-10,15,18H,5-6,8H2,1H3,(H,19,21);2-4,7-8,10,12,16,19H,5-6,9H2,1H3;2-6,10-11,14,17H,7-9H2,1H3,(H,18,20);2-4,6-7,9,11,13,16,18H,5,8,10H2,1H3/t;;;10-,12+,16-;;/m...1../s1. The molecule has 13 fully saturated rings. The summed E-state index contributed by atoms with van der Waals surface area (Å²) in [7, 11) is -21.9. The third-order valence-corrected chi connectivity index (χ3v) is 43.8. The maximum Gasteiger partial charge on any atom is 0.256 e. The zero-order chi connectivity index (χ0) is 97.5. The molecule has 14 unspecified atom stereocenters. The molecule has 736 valence electrons. The second-order valence-corrected chi connectivity index (χ2v) is 50.4. The number of aromatic amines is 3. The number of aryl methyl sites for hydroxylation is 1. The van der Waals surface area contributed by atoms with E-state index in [1.165, 1.54) is 51.5 Å². The number of hydrogen-bond acceptors (Lipinski definition) is 24. The molecule has 9 N–H and O–H groups in total. The third-order valence-electron chi connectivity index (χ3n) is 31.8. The smallest absolute Gasteiger partial charge is 0.256 e. The normalized spacial score (nSPS) is 28.4. The van der Waals surface area contributed by atoms with Gasteiger partial charge in [-0.15, -0.1) is 0 Å². The summed E-state index contributed by atoms with van der Waals surface area (Å²) >= 11 is 0. The number of pyridine rings is 6. The van der Waals surface area contributed by atoms with Crippen LogP contribution in [0, 0.1) is 60.0 Å². The van der Waals surface area contributed by atoms with E-state index in [0.29, 0.717) is 111 Å². The van der Waals surface area contributed by atoms with E-state index in [4.69, 9.17) is 0 Å². The number of aromatic nitrogens is 6. The van der Waals surface area contributed by atoms with Crippen LogP contribution in [-0.2, 0) is 60.1 Å². The summed E-state index contributed by atoms with van der Waals surface area (Å²) < 4.78 is 197. The number of hydrogen-bond donors (Lipinski definition) is 9. The highest BCUT2D eigenvalue weighted by Gasteiger charge is 2.66. The van der Waals surface area contributed by atoms with E-state index in [1.54, 1.807) is 133 Å². The Morgan fingerprint density at radius 2 is 0.734 bits per heavy atom. The fraction of sp³-hybridized carbons (Fsp3) is 0.449. The predicted octanol–water partition coefficient (Wildman–Crippen LogP) is 8.10. The van der Waals surface area contributed by atoms with Crippen LogP contribution in [0.5, 0.6) is 0 Å². The Morgan fingerprint density at radius 3 is 1.22 bits per heavy atom. The minimum atomic E-state index is -3.90. The molecule has 41 heteroatoms. The van der Waals surface area contributed by atoms with E-state index in [-0.39, 0.29) is 119 Å². The quantitative estimate of drug-likeness (QED) is 0.0557. The van der Waals surface area contributed by atoms with Crippen molar-refractivity contribution in [2.45, 2.75) is 182 Å². The van der Waals surface area contributed by atoms with Crippen LogP contribution in [-0.4, -0.2) is 257 Å². The molecule has 18 heterocycles. The van der Waals surface area contributed by atoms with Crippen molar-refractivity contribution in [1.82, 2.24) is 87.6 Å². The highest BCUT2D eigenvalue weighted by atomic mass is 32.2. The fourth-order valence-electron chi connectivity index (χ4n) is 24.7. The third kappa shape index (κ3) is 17.0. The first kappa shape index (κ1) is 96.7. The second-order valence-electron chi connectivity index (χ2n) is 39.2. The van der Waals surface area contributed by atoms with Gasteiger partial charge in [0.05, 0.1) is 46.5 Å². The molecule has 0 radical (unpaired) electrons. The molecule has 17 atom stereocenters. The van der Waals surface area contributed by atoms with Crippen molar-refractivity contribution >= 4 is 125 Å². The van der Waals surface area contributed by atoms with Gasteiger partial charge in [-0.25, -0.2) is 59.3 Å². The van der Waals surface area contributed by atoms with Gasteiger partial charge in [-0.3, -0.25) is 29.3 Å². The van der Waals surface area contributed by atoms with Crippen LogP contribution >= 0.6 is 0 Å². The Kier molecular flexibility index (Phi) is 26.1. The Bertz CT molecular complexity index is 7630. The number of halogens is 2. The van der Waals surface area contributed by atoms with E-state index >= 15 is 0 Å². The predicted molar refractivity (Wildman–Crippen MR) is 526 cm³/mol. The van der Waals surface area contributed by atoms with Crippen molar-refractivity contribution in [2.75, 3.05) is 85.1 Å². The number of nitrogens with zero attached hydrogens (tertiary/aromatic N) is 9. The maximum absolute atomic E-state index is 14.3. The van der Waals surface area contributed by atoms with Crippen molar-refractivity contribution in [3.8, 4) is 0 Å². The number of nitrogens with one attached hydrogen (secondary N) is 9. The van der Waals surface area contributed by atoms with Gasteiger partial charge >= 0.3 is 0 Å². The lowest BCUT2D eigenvalue weighted by molar-refractivity contribution is 0.333. The molecule has 1 spiro atoms. The molecule has 33 nitrogen and oxygen atoms in total. The zero-order valence-electron chi connectivity index (χ0n) is 77.6. The summed E-state index contributed by atoms with van der Waals surface area (Å²) in [4.78, 5) is 56.5. The summed E-state index contributed by atoms with van der Waals surface area (Å²) in [5.74, 6) is 1.26. The van der Waals surface area contributed by atoms with E-state index < -0.39 is 77.3 Å². The average molecular weight is 2010 g/mol. The molecule has 1 aliphatic carbocycles. The topological polar surface area (TPSA) is 434 Å². The zero-order valence-corrected chi connectivity index (χ0v) is 82.5. The van der Waals surface area contributed by atoms with Crippen LogP contribution in [0.1, 0.15) is 85.1 Å². The number of fused-ring (bicyclic) bond motifs is 13. The molecule has 139 heavy (non-hydrogen) atoms. The molecule has 6 aromatic heterocycles. The van der Waals surface area contributed by atoms with Crippen molar-refractivity contribution in [2.24, 2.45) is 41.4 Å². The lowest BCUT2D eigenvalue weighted by Crippen LogP contribution is -2.46. The van der Waals surface area contributed by atoms with Crippen molar-refractivity contribution in [3.63, 3.8) is 0 Å². The van der Waals surface area contributed by atoms with Crippen molar-refractivity contribution in [3.05, 3.63) is 231 Å². The first-order valence-electron chi connectivity index (χ1n) is 47.7. The summed E-state index contributed by atoms with van der Waals surface area (Å²) in [5.41, 5.74) is -0.382. The Morgan fingerprint density at radius 1 is 0.345 bits per heavy atom. The van der Waals surface area contributed by atoms with Gasteiger partial charge in [-0.2, -0.15) is 25.8 Å². The summed E-state index contributed by atoms with van der Waals surface area (Å²) in [6.07, 6.45) is 20.2. The van der Waals surface area contributed by atoms with Crippen LogP contribution in [0.15, 0.2) is 227 Å².